The maximum Gasteiger partial charge on any atom is 0.254 e. The maximum atomic E-state index is 12.1. The monoisotopic (exact) mass is 333 g/mol. The average molecular weight is 334 g/mol. The van der Waals surface area contributed by atoms with Crippen LogP contribution < -0.4 is 10.9 Å². The van der Waals surface area contributed by atoms with Gasteiger partial charge in [0.25, 0.3) is 5.56 Å². The Kier molecular flexibility index (Phi) is 5.55. The summed E-state index contributed by atoms with van der Waals surface area (Å²) in [4.78, 5) is 30.9. The van der Waals surface area contributed by atoms with Crippen LogP contribution in [0.5, 0.6) is 0 Å². The van der Waals surface area contributed by atoms with Crippen LogP contribution in [0.15, 0.2) is 29.1 Å². The summed E-state index contributed by atoms with van der Waals surface area (Å²) in [6.07, 6.45) is 0.726. The number of H-pyrrole nitrogens is 1. The van der Waals surface area contributed by atoms with Crippen LogP contribution in [-0.2, 0) is 17.6 Å². The van der Waals surface area contributed by atoms with Gasteiger partial charge in [0, 0.05) is 22.3 Å². The van der Waals surface area contributed by atoms with Crippen molar-refractivity contribution in [3.05, 3.63) is 62.3 Å². The number of carbonyl (C=O) groups excluding carboxylic acids is 1. The van der Waals surface area contributed by atoms with Crippen LogP contribution >= 0.6 is 11.6 Å². The predicted octanol–water partition coefficient (Wildman–Crippen LogP) is 2.33. The van der Waals surface area contributed by atoms with Crippen molar-refractivity contribution in [2.24, 2.45) is 0 Å². The molecular weight excluding hydrogens is 314 g/mol. The molecule has 6 heteroatoms. The van der Waals surface area contributed by atoms with Crippen molar-refractivity contribution >= 4 is 17.5 Å². The van der Waals surface area contributed by atoms with E-state index in [0.717, 1.165) is 5.56 Å². The van der Waals surface area contributed by atoms with Crippen molar-refractivity contribution in [2.75, 3.05) is 0 Å². The van der Waals surface area contributed by atoms with Crippen molar-refractivity contribution in [3.8, 4) is 0 Å². The van der Waals surface area contributed by atoms with E-state index in [1.54, 1.807) is 13.8 Å². The first-order valence-corrected chi connectivity index (χ1v) is 7.83. The first-order valence-electron chi connectivity index (χ1n) is 7.45. The minimum atomic E-state index is -0.254. The molecule has 0 saturated carbocycles. The maximum absolute atomic E-state index is 12.1. The topological polar surface area (TPSA) is 74.8 Å². The summed E-state index contributed by atoms with van der Waals surface area (Å²) in [5.74, 6) is 0.360. The van der Waals surface area contributed by atoms with E-state index < -0.39 is 0 Å². The molecule has 2 N–H and O–H groups in total. The summed E-state index contributed by atoms with van der Waals surface area (Å²) < 4.78 is 0. The number of carbonyl (C=O) groups is 1. The van der Waals surface area contributed by atoms with Crippen LogP contribution in [0.4, 0.5) is 0 Å². The Morgan fingerprint density at radius 3 is 2.57 bits per heavy atom. The number of rotatable bonds is 5. The van der Waals surface area contributed by atoms with Gasteiger partial charge in [0.2, 0.25) is 5.91 Å². The first-order chi connectivity index (χ1) is 10.8. The molecule has 23 heavy (non-hydrogen) atoms. The lowest BCUT2D eigenvalue weighted by atomic mass is 10.1. The van der Waals surface area contributed by atoms with Crippen molar-refractivity contribution in [2.45, 2.75) is 39.7 Å². The van der Waals surface area contributed by atoms with E-state index in [2.05, 4.69) is 15.3 Å². The number of halogens is 1. The van der Waals surface area contributed by atoms with Crippen molar-refractivity contribution in [1.82, 2.24) is 15.3 Å². The summed E-state index contributed by atoms with van der Waals surface area (Å²) in [6, 6.07) is 7.48. The Morgan fingerprint density at radius 2 is 1.96 bits per heavy atom. The van der Waals surface area contributed by atoms with Crippen LogP contribution in [0.25, 0.3) is 0 Å². The van der Waals surface area contributed by atoms with E-state index in [1.807, 2.05) is 31.2 Å². The second-order valence-corrected chi connectivity index (χ2v) is 6.13. The zero-order chi connectivity index (χ0) is 17.0. The first kappa shape index (κ1) is 17.2. The zero-order valence-electron chi connectivity index (χ0n) is 13.4. The highest BCUT2D eigenvalue weighted by Gasteiger charge is 2.14. The Balaban J connectivity index is 1.97. The van der Waals surface area contributed by atoms with Crippen molar-refractivity contribution < 1.29 is 4.79 Å². The van der Waals surface area contributed by atoms with E-state index in [-0.39, 0.29) is 23.9 Å². The van der Waals surface area contributed by atoms with Gasteiger partial charge in [-0.25, -0.2) is 4.98 Å². The van der Waals surface area contributed by atoms with Gasteiger partial charge in [-0.2, -0.15) is 0 Å². The number of hydrogen-bond donors (Lipinski definition) is 2. The van der Waals surface area contributed by atoms with Gasteiger partial charge in [0.05, 0.1) is 6.42 Å². The molecule has 0 aliphatic carbocycles. The molecule has 1 aromatic carbocycles. The molecule has 1 aromatic heterocycles. The van der Waals surface area contributed by atoms with Crippen molar-refractivity contribution in [3.63, 3.8) is 0 Å². The molecule has 122 valence electrons. The van der Waals surface area contributed by atoms with E-state index >= 15 is 0 Å². The minimum absolute atomic E-state index is 0.0272. The van der Waals surface area contributed by atoms with Gasteiger partial charge in [-0.05, 0) is 44.9 Å². The molecule has 0 fully saturated rings. The molecule has 0 radical (unpaired) electrons. The van der Waals surface area contributed by atoms with E-state index in [9.17, 15) is 9.59 Å². The molecule has 2 rings (SSSR count). The number of hydrogen-bond acceptors (Lipinski definition) is 3. The fourth-order valence-electron chi connectivity index (χ4n) is 2.47. The highest BCUT2D eigenvalue weighted by Crippen LogP contribution is 2.11. The smallest absolute Gasteiger partial charge is 0.254 e. The molecule has 1 heterocycles. The van der Waals surface area contributed by atoms with Gasteiger partial charge >= 0.3 is 0 Å². The second kappa shape index (κ2) is 7.42. The van der Waals surface area contributed by atoms with Gasteiger partial charge in [0.15, 0.2) is 0 Å². The summed E-state index contributed by atoms with van der Waals surface area (Å²) in [7, 11) is 0. The van der Waals surface area contributed by atoms with Gasteiger partial charge in [-0.1, -0.05) is 23.7 Å². The number of amides is 1. The normalized spacial score (nSPS) is 12.0. The molecule has 0 saturated heterocycles. The van der Waals surface area contributed by atoms with E-state index in [4.69, 9.17) is 11.6 Å². The van der Waals surface area contributed by atoms with E-state index in [0.29, 0.717) is 28.5 Å². The second-order valence-electron chi connectivity index (χ2n) is 5.69. The summed E-state index contributed by atoms with van der Waals surface area (Å²) in [6.45, 7) is 5.38. The highest BCUT2D eigenvalue weighted by atomic mass is 35.5. The molecule has 1 amide bonds. The number of aromatic nitrogens is 2. The molecule has 1 unspecified atom stereocenters. The third kappa shape index (κ3) is 4.93. The quantitative estimate of drug-likeness (QED) is 0.881. The number of aryl methyl sites for hydroxylation is 2. The van der Waals surface area contributed by atoms with Crippen LogP contribution in [0, 0.1) is 13.8 Å². The standard InChI is InChI=1S/C17H20ClN3O2/c1-10(8-13-4-6-14(18)7-5-13)19-16(22)9-15-11(2)20-12(3)21-17(15)23/h4-7,10H,8-9H2,1-3H3,(H,19,22)(H,20,21,23). The third-order valence-electron chi connectivity index (χ3n) is 3.54. The SMILES string of the molecule is Cc1nc(C)c(CC(=O)NC(C)Cc2ccc(Cl)cc2)c(=O)[nH]1. The number of nitrogens with zero attached hydrogens (tertiary/aromatic N) is 1. The van der Waals surface area contributed by atoms with Gasteiger partial charge in [0.1, 0.15) is 5.82 Å². The van der Waals surface area contributed by atoms with Gasteiger partial charge < -0.3 is 10.3 Å². The lowest BCUT2D eigenvalue weighted by Crippen LogP contribution is -2.36. The molecule has 0 bridgehead atoms. The average Bonchev–Trinajstić information content (AvgIpc) is 2.45. The lowest BCUT2D eigenvalue weighted by molar-refractivity contribution is -0.121. The highest BCUT2D eigenvalue weighted by molar-refractivity contribution is 6.30. The molecule has 0 spiro atoms. The van der Waals surface area contributed by atoms with Gasteiger partial charge in [-0.15, -0.1) is 0 Å². The van der Waals surface area contributed by atoms with Crippen LogP contribution in [0.2, 0.25) is 5.02 Å². The number of nitrogens with one attached hydrogen (secondary N) is 2. The van der Waals surface area contributed by atoms with Gasteiger partial charge in [-0.3, -0.25) is 9.59 Å². The van der Waals surface area contributed by atoms with E-state index in [1.165, 1.54) is 0 Å². The van der Waals surface area contributed by atoms with Crippen LogP contribution in [0.3, 0.4) is 0 Å². The Bertz CT molecular complexity index is 753. The zero-order valence-corrected chi connectivity index (χ0v) is 14.2. The summed E-state index contributed by atoms with van der Waals surface area (Å²) >= 11 is 5.86. The fraction of sp³-hybridized carbons (Fsp3) is 0.353. The Morgan fingerprint density at radius 1 is 1.30 bits per heavy atom. The summed E-state index contributed by atoms with van der Waals surface area (Å²) in [5, 5.41) is 3.60. The molecular formula is C17H20ClN3O2. The Hall–Kier alpha value is -2.14. The molecule has 0 aliphatic rings. The Labute approximate surface area is 140 Å². The fourth-order valence-corrected chi connectivity index (χ4v) is 2.60. The molecule has 1 atom stereocenters. The predicted molar refractivity (Wildman–Crippen MR) is 90.8 cm³/mol. The third-order valence-corrected chi connectivity index (χ3v) is 3.79. The lowest BCUT2D eigenvalue weighted by Gasteiger charge is -2.14. The van der Waals surface area contributed by atoms with Crippen LogP contribution in [0.1, 0.15) is 29.6 Å². The van der Waals surface area contributed by atoms with Crippen molar-refractivity contribution in [1.29, 1.82) is 0 Å². The molecule has 0 aliphatic heterocycles. The largest absolute Gasteiger partial charge is 0.353 e. The molecule has 5 nitrogen and oxygen atoms in total. The number of benzene rings is 1. The molecule has 2 aromatic rings. The minimum Gasteiger partial charge on any atom is -0.353 e. The summed E-state index contributed by atoms with van der Waals surface area (Å²) in [5.41, 5.74) is 1.84. The number of aromatic amines is 1. The van der Waals surface area contributed by atoms with Crippen LogP contribution in [-0.4, -0.2) is 21.9 Å².